The van der Waals surface area contributed by atoms with Crippen molar-refractivity contribution in [1.29, 1.82) is 0 Å². The van der Waals surface area contributed by atoms with Gasteiger partial charge in [0.25, 0.3) is 0 Å². The zero-order valence-electron chi connectivity index (χ0n) is 13.5. The van der Waals surface area contributed by atoms with Crippen molar-refractivity contribution in [1.82, 2.24) is 15.1 Å². The maximum Gasteiger partial charge on any atom is 0.422 e. The summed E-state index contributed by atoms with van der Waals surface area (Å²) in [5.41, 5.74) is 1.61. The van der Waals surface area contributed by atoms with Gasteiger partial charge in [-0.3, -0.25) is 4.79 Å². The number of alkyl halides is 3. The second kappa shape index (κ2) is 8.88. The minimum Gasteiger partial charge on any atom is -0.461 e. The van der Waals surface area contributed by atoms with E-state index in [1.807, 2.05) is 17.4 Å². The van der Waals surface area contributed by atoms with Gasteiger partial charge in [0.15, 0.2) is 6.61 Å². The van der Waals surface area contributed by atoms with E-state index < -0.39 is 24.8 Å². The molecule has 0 spiro atoms. The van der Waals surface area contributed by atoms with E-state index in [0.29, 0.717) is 0 Å². The maximum absolute atomic E-state index is 11.8. The Hall–Kier alpha value is -3.04. The van der Waals surface area contributed by atoms with Crippen LogP contribution in [0.2, 0.25) is 0 Å². The third-order valence-corrected chi connectivity index (χ3v) is 3.07. The summed E-state index contributed by atoms with van der Waals surface area (Å²) in [6, 6.07) is 8.97. The molecule has 1 heterocycles. The molecule has 2 rings (SSSR count). The van der Waals surface area contributed by atoms with Crippen LogP contribution in [0, 0.1) is 0 Å². The normalized spacial score (nSPS) is 11.0. The summed E-state index contributed by atoms with van der Waals surface area (Å²) in [4.78, 5) is 22.5. The lowest BCUT2D eigenvalue weighted by Crippen LogP contribution is -2.30. The Labute approximate surface area is 146 Å². The van der Waals surface area contributed by atoms with Crippen molar-refractivity contribution >= 4 is 12.1 Å². The smallest absolute Gasteiger partial charge is 0.422 e. The lowest BCUT2D eigenvalue weighted by Gasteiger charge is -2.09. The third-order valence-electron chi connectivity index (χ3n) is 3.07. The first-order valence-electron chi connectivity index (χ1n) is 7.55. The topological polar surface area (TPSA) is 82.5 Å². The molecule has 0 unspecified atom stereocenters. The van der Waals surface area contributed by atoms with E-state index in [9.17, 15) is 22.8 Å². The fraction of sp³-hybridized carbons (Fsp3) is 0.312. The van der Waals surface area contributed by atoms with Crippen LogP contribution in [0.4, 0.5) is 18.0 Å². The van der Waals surface area contributed by atoms with E-state index in [1.165, 1.54) is 0 Å². The molecule has 0 aliphatic carbocycles. The molecule has 0 atom stereocenters. The standard InChI is InChI=1S/C16H16F3N3O4/c17-16(18,19)11-26-15(24)20-8-6-14(23)25-10-12-2-4-13(5-3-12)22-9-1-7-21-22/h1-5,7,9H,6,8,10-11H2,(H,20,24). The predicted molar refractivity (Wildman–Crippen MR) is 83.4 cm³/mol. The lowest BCUT2D eigenvalue weighted by molar-refractivity contribution is -0.160. The molecule has 1 N–H and O–H groups in total. The average molecular weight is 371 g/mol. The molecule has 1 aromatic carbocycles. The summed E-state index contributed by atoms with van der Waals surface area (Å²) in [7, 11) is 0. The van der Waals surface area contributed by atoms with E-state index in [4.69, 9.17) is 4.74 Å². The Bertz CT molecular complexity index is 715. The zero-order valence-corrected chi connectivity index (χ0v) is 13.5. The van der Waals surface area contributed by atoms with Gasteiger partial charge in [0, 0.05) is 18.9 Å². The number of esters is 1. The molecule has 10 heteroatoms. The summed E-state index contributed by atoms with van der Waals surface area (Å²) >= 11 is 0. The first kappa shape index (κ1) is 19.3. The van der Waals surface area contributed by atoms with E-state index in [-0.39, 0.29) is 19.6 Å². The minimum atomic E-state index is -4.59. The van der Waals surface area contributed by atoms with Crippen LogP contribution in [0.3, 0.4) is 0 Å². The van der Waals surface area contributed by atoms with Crippen molar-refractivity contribution in [3.05, 3.63) is 48.3 Å². The Morgan fingerprint density at radius 1 is 1.15 bits per heavy atom. The Kier molecular flexibility index (Phi) is 6.59. The van der Waals surface area contributed by atoms with Crippen molar-refractivity contribution in [3.63, 3.8) is 0 Å². The van der Waals surface area contributed by atoms with E-state index in [1.54, 1.807) is 35.3 Å². The Morgan fingerprint density at radius 3 is 2.50 bits per heavy atom. The maximum atomic E-state index is 11.8. The molecule has 0 fully saturated rings. The highest BCUT2D eigenvalue weighted by Crippen LogP contribution is 2.14. The largest absolute Gasteiger partial charge is 0.461 e. The quantitative estimate of drug-likeness (QED) is 0.757. The van der Waals surface area contributed by atoms with E-state index in [2.05, 4.69) is 9.84 Å². The van der Waals surface area contributed by atoms with Gasteiger partial charge in [0.2, 0.25) is 0 Å². The van der Waals surface area contributed by atoms with Crippen LogP contribution < -0.4 is 5.32 Å². The fourth-order valence-electron chi connectivity index (χ4n) is 1.87. The number of amides is 1. The Morgan fingerprint density at radius 2 is 1.88 bits per heavy atom. The van der Waals surface area contributed by atoms with Crippen molar-refractivity contribution < 1.29 is 32.2 Å². The van der Waals surface area contributed by atoms with Gasteiger partial charge in [-0.05, 0) is 23.8 Å². The third kappa shape index (κ3) is 6.83. The number of benzene rings is 1. The molecule has 0 aliphatic heterocycles. The minimum absolute atomic E-state index is 0.0384. The SMILES string of the molecule is O=C(CCNC(=O)OCC(F)(F)F)OCc1ccc(-n2cccn2)cc1. The van der Waals surface area contributed by atoms with Crippen LogP contribution in [0.1, 0.15) is 12.0 Å². The number of aromatic nitrogens is 2. The molecule has 7 nitrogen and oxygen atoms in total. The molecule has 0 radical (unpaired) electrons. The van der Waals surface area contributed by atoms with Crippen LogP contribution in [0.15, 0.2) is 42.7 Å². The summed E-state index contributed by atoms with van der Waals surface area (Å²) in [6.45, 7) is -1.83. The number of hydrogen-bond donors (Lipinski definition) is 1. The summed E-state index contributed by atoms with van der Waals surface area (Å²) in [5, 5.41) is 6.12. The van der Waals surface area contributed by atoms with Crippen molar-refractivity contribution in [2.24, 2.45) is 0 Å². The predicted octanol–water partition coefficient (Wildman–Crippen LogP) is 2.59. The molecular formula is C16H16F3N3O4. The number of nitrogens with one attached hydrogen (secondary N) is 1. The molecule has 0 aliphatic rings. The summed E-state index contributed by atoms with van der Waals surface area (Å²) in [6.07, 6.45) is -2.58. The molecule has 2 aromatic rings. The molecule has 0 bridgehead atoms. The Balaban J connectivity index is 1.65. The number of ether oxygens (including phenoxy) is 2. The van der Waals surface area contributed by atoms with E-state index in [0.717, 1.165) is 11.3 Å². The molecule has 26 heavy (non-hydrogen) atoms. The monoisotopic (exact) mass is 371 g/mol. The van der Waals surface area contributed by atoms with Gasteiger partial charge >= 0.3 is 18.2 Å². The van der Waals surface area contributed by atoms with Crippen LogP contribution in [0.25, 0.3) is 5.69 Å². The van der Waals surface area contributed by atoms with Gasteiger partial charge < -0.3 is 14.8 Å². The van der Waals surface area contributed by atoms with E-state index >= 15 is 0 Å². The van der Waals surface area contributed by atoms with Gasteiger partial charge in [-0.25, -0.2) is 9.48 Å². The summed E-state index contributed by atoms with van der Waals surface area (Å²) < 4.78 is 46.2. The zero-order chi connectivity index (χ0) is 19.0. The number of hydrogen-bond acceptors (Lipinski definition) is 5. The molecule has 1 aromatic heterocycles. The van der Waals surface area contributed by atoms with Gasteiger partial charge in [0.1, 0.15) is 6.61 Å². The summed E-state index contributed by atoms with van der Waals surface area (Å²) in [5.74, 6) is -0.600. The van der Waals surface area contributed by atoms with Crippen LogP contribution in [-0.4, -0.2) is 41.2 Å². The van der Waals surface area contributed by atoms with Crippen LogP contribution in [-0.2, 0) is 20.9 Å². The average Bonchev–Trinajstić information content (AvgIpc) is 3.13. The highest BCUT2D eigenvalue weighted by atomic mass is 19.4. The highest BCUT2D eigenvalue weighted by molar-refractivity contribution is 5.71. The number of halogens is 3. The van der Waals surface area contributed by atoms with Gasteiger partial charge in [-0.15, -0.1) is 0 Å². The highest BCUT2D eigenvalue weighted by Gasteiger charge is 2.29. The van der Waals surface area contributed by atoms with Gasteiger partial charge in [-0.1, -0.05) is 12.1 Å². The van der Waals surface area contributed by atoms with Crippen molar-refractivity contribution in [2.45, 2.75) is 19.2 Å². The number of rotatable bonds is 7. The molecule has 1 amide bonds. The molecular weight excluding hydrogens is 355 g/mol. The van der Waals surface area contributed by atoms with Crippen molar-refractivity contribution in [3.8, 4) is 5.69 Å². The number of alkyl carbamates (subject to hydrolysis) is 1. The lowest BCUT2D eigenvalue weighted by atomic mass is 10.2. The van der Waals surface area contributed by atoms with Gasteiger partial charge in [0.05, 0.1) is 12.1 Å². The number of nitrogens with zero attached hydrogens (tertiary/aromatic N) is 2. The van der Waals surface area contributed by atoms with Gasteiger partial charge in [-0.2, -0.15) is 18.3 Å². The second-order valence-electron chi connectivity index (χ2n) is 5.15. The fourth-order valence-corrected chi connectivity index (χ4v) is 1.87. The molecule has 0 saturated heterocycles. The van der Waals surface area contributed by atoms with Crippen molar-refractivity contribution in [2.75, 3.05) is 13.2 Å². The first-order valence-corrected chi connectivity index (χ1v) is 7.55. The molecule has 0 saturated carbocycles. The molecule has 140 valence electrons. The van der Waals surface area contributed by atoms with Crippen LogP contribution in [0.5, 0.6) is 0 Å². The first-order chi connectivity index (χ1) is 12.3. The number of carbonyl (C=O) groups excluding carboxylic acids is 2. The second-order valence-corrected chi connectivity index (χ2v) is 5.15. The van der Waals surface area contributed by atoms with Crippen LogP contribution >= 0.6 is 0 Å². The number of carbonyl (C=O) groups is 2.